The molecule has 28 heavy (non-hydrogen) atoms. The molecule has 1 N–H and O–H groups in total. The van der Waals surface area contributed by atoms with Crippen LogP contribution >= 0.6 is 0 Å². The van der Waals surface area contributed by atoms with Gasteiger partial charge < -0.3 is 19.4 Å². The van der Waals surface area contributed by atoms with Crippen LogP contribution in [0.1, 0.15) is 24.4 Å². The standard InChI is InChI=1S/C22H27N3O3/c1-27-20-8-7-16(15-21(20)28-2)9-12-24-13-10-17(11-14-24)25-19-6-4-3-5-18(19)23-22(25)26/h3-8,15,17H,9-14H2,1-2H3,(H,23,26). The van der Waals surface area contributed by atoms with Gasteiger partial charge in [-0.3, -0.25) is 4.57 Å². The Balaban J connectivity index is 1.37. The van der Waals surface area contributed by atoms with Gasteiger partial charge in [-0.2, -0.15) is 0 Å². The van der Waals surface area contributed by atoms with Crippen LogP contribution in [0, 0.1) is 0 Å². The Morgan fingerprint density at radius 2 is 1.79 bits per heavy atom. The summed E-state index contributed by atoms with van der Waals surface area (Å²) in [4.78, 5) is 17.9. The van der Waals surface area contributed by atoms with Gasteiger partial charge in [0.25, 0.3) is 0 Å². The quantitative estimate of drug-likeness (QED) is 0.712. The summed E-state index contributed by atoms with van der Waals surface area (Å²) in [6, 6.07) is 14.3. The summed E-state index contributed by atoms with van der Waals surface area (Å²) in [7, 11) is 3.32. The van der Waals surface area contributed by atoms with Crippen molar-refractivity contribution in [3.63, 3.8) is 0 Å². The normalized spacial score (nSPS) is 15.8. The molecule has 0 spiro atoms. The molecule has 2 aromatic carbocycles. The molecule has 1 aromatic heterocycles. The second-order valence-corrected chi connectivity index (χ2v) is 7.33. The molecule has 6 nitrogen and oxygen atoms in total. The fourth-order valence-electron chi connectivity index (χ4n) is 4.16. The maximum atomic E-state index is 12.4. The molecule has 1 fully saturated rings. The van der Waals surface area contributed by atoms with E-state index in [1.54, 1.807) is 14.2 Å². The molecule has 3 aromatic rings. The van der Waals surface area contributed by atoms with Crippen LogP contribution in [0.4, 0.5) is 0 Å². The number of fused-ring (bicyclic) bond motifs is 1. The number of ether oxygens (including phenoxy) is 2. The highest BCUT2D eigenvalue weighted by atomic mass is 16.5. The SMILES string of the molecule is COc1ccc(CCN2CCC(n3c(=O)[nH]c4ccccc43)CC2)cc1OC. The summed E-state index contributed by atoms with van der Waals surface area (Å²) in [5, 5.41) is 0. The maximum Gasteiger partial charge on any atom is 0.326 e. The molecule has 0 aliphatic carbocycles. The zero-order valence-corrected chi connectivity index (χ0v) is 16.5. The zero-order valence-electron chi connectivity index (χ0n) is 16.5. The van der Waals surface area contributed by atoms with E-state index in [2.05, 4.69) is 22.0 Å². The lowest BCUT2D eigenvalue weighted by Gasteiger charge is -2.32. The summed E-state index contributed by atoms with van der Waals surface area (Å²) in [5.41, 5.74) is 3.18. The van der Waals surface area contributed by atoms with Gasteiger partial charge in [0.05, 0.1) is 25.3 Å². The van der Waals surface area contributed by atoms with Crippen molar-refractivity contribution >= 4 is 11.0 Å². The van der Waals surface area contributed by atoms with Crippen molar-refractivity contribution in [2.75, 3.05) is 33.9 Å². The van der Waals surface area contributed by atoms with Gasteiger partial charge in [-0.1, -0.05) is 18.2 Å². The number of hydrogen-bond acceptors (Lipinski definition) is 4. The molecule has 1 aliphatic rings. The minimum atomic E-state index is 0.00461. The first-order valence-electron chi connectivity index (χ1n) is 9.82. The van der Waals surface area contributed by atoms with E-state index in [0.29, 0.717) is 0 Å². The Labute approximate surface area is 164 Å². The van der Waals surface area contributed by atoms with Crippen molar-refractivity contribution < 1.29 is 9.47 Å². The molecule has 1 saturated heterocycles. The topological polar surface area (TPSA) is 59.5 Å². The Morgan fingerprint density at radius 3 is 2.54 bits per heavy atom. The van der Waals surface area contributed by atoms with Crippen molar-refractivity contribution in [3.8, 4) is 11.5 Å². The number of piperidine rings is 1. The number of para-hydroxylation sites is 2. The highest BCUT2D eigenvalue weighted by molar-refractivity contribution is 5.75. The predicted octanol–water partition coefficient (Wildman–Crippen LogP) is 3.23. The highest BCUT2D eigenvalue weighted by Gasteiger charge is 2.23. The van der Waals surface area contributed by atoms with Crippen LogP contribution in [0.5, 0.6) is 11.5 Å². The number of nitrogens with one attached hydrogen (secondary N) is 1. The van der Waals surface area contributed by atoms with Crippen LogP contribution in [-0.2, 0) is 6.42 Å². The van der Waals surface area contributed by atoms with Crippen LogP contribution < -0.4 is 15.2 Å². The van der Waals surface area contributed by atoms with Gasteiger partial charge in [0.15, 0.2) is 11.5 Å². The van der Waals surface area contributed by atoms with Crippen molar-refractivity contribution in [2.45, 2.75) is 25.3 Å². The highest BCUT2D eigenvalue weighted by Crippen LogP contribution is 2.28. The molecule has 0 atom stereocenters. The monoisotopic (exact) mass is 381 g/mol. The molecule has 0 saturated carbocycles. The van der Waals surface area contributed by atoms with E-state index in [4.69, 9.17) is 9.47 Å². The van der Waals surface area contributed by atoms with E-state index in [1.165, 1.54) is 5.56 Å². The fourth-order valence-corrected chi connectivity index (χ4v) is 4.16. The Hall–Kier alpha value is -2.73. The number of aromatic nitrogens is 2. The molecule has 0 unspecified atom stereocenters. The number of H-pyrrole nitrogens is 1. The minimum Gasteiger partial charge on any atom is -0.493 e. The number of imidazole rings is 1. The Kier molecular flexibility index (Phi) is 5.39. The molecule has 0 bridgehead atoms. The number of methoxy groups -OCH3 is 2. The Bertz CT molecular complexity index is 1000. The van der Waals surface area contributed by atoms with Crippen LogP contribution in [0.3, 0.4) is 0 Å². The first-order chi connectivity index (χ1) is 13.7. The molecular formula is C22H27N3O3. The van der Waals surface area contributed by atoms with Gasteiger partial charge in [-0.05, 0) is 49.1 Å². The van der Waals surface area contributed by atoms with Crippen molar-refractivity contribution in [3.05, 3.63) is 58.5 Å². The second kappa shape index (κ2) is 8.10. The predicted molar refractivity (Wildman–Crippen MR) is 111 cm³/mol. The third-order valence-electron chi connectivity index (χ3n) is 5.71. The Morgan fingerprint density at radius 1 is 1.04 bits per heavy atom. The van der Waals surface area contributed by atoms with Crippen molar-refractivity contribution in [2.24, 2.45) is 0 Å². The first kappa shape index (κ1) is 18.6. The average Bonchev–Trinajstić information content (AvgIpc) is 3.08. The molecule has 148 valence electrons. The number of nitrogens with zero attached hydrogens (tertiary/aromatic N) is 2. The molecule has 6 heteroatoms. The van der Waals surface area contributed by atoms with Crippen molar-refractivity contribution in [1.29, 1.82) is 0 Å². The van der Waals surface area contributed by atoms with Gasteiger partial charge >= 0.3 is 5.69 Å². The molecular weight excluding hydrogens is 354 g/mol. The molecule has 2 heterocycles. The van der Waals surface area contributed by atoms with Gasteiger partial charge in [-0.25, -0.2) is 4.79 Å². The van der Waals surface area contributed by atoms with E-state index in [-0.39, 0.29) is 11.7 Å². The lowest BCUT2D eigenvalue weighted by molar-refractivity contribution is 0.188. The summed E-state index contributed by atoms with van der Waals surface area (Å²) in [6.45, 7) is 3.01. The van der Waals surface area contributed by atoms with E-state index >= 15 is 0 Å². The molecule has 1 aliphatic heterocycles. The van der Waals surface area contributed by atoms with Crippen LogP contribution in [-0.4, -0.2) is 48.3 Å². The first-order valence-corrected chi connectivity index (χ1v) is 9.82. The van der Waals surface area contributed by atoms with E-state index in [9.17, 15) is 4.79 Å². The van der Waals surface area contributed by atoms with Gasteiger partial charge in [-0.15, -0.1) is 0 Å². The molecule has 0 amide bonds. The van der Waals surface area contributed by atoms with Gasteiger partial charge in [0.1, 0.15) is 0 Å². The molecule has 4 rings (SSSR count). The smallest absolute Gasteiger partial charge is 0.326 e. The summed E-state index contributed by atoms with van der Waals surface area (Å²) >= 11 is 0. The third kappa shape index (κ3) is 3.64. The number of likely N-dealkylation sites (tertiary alicyclic amines) is 1. The van der Waals surface area contributed by atoms with E-state index in [0.717, 1.165) is 61.4 Å². The largest absolute Gasteiger partial charge is 0.493 e. The lowest BCUT2D eigenvalue weighted by Crippen LogP contribution is -2.38. The number of rotatable bonds is 6. The van der Waals surface area contributed by atoms with E-state index in [1.807, 2.05) is 34.9 Å². The van der Waals surface area contributed by atoms with Crippen molar-refractivity contribution in [1.82, 2.24) is 14.5 Å². The minimum absolute atomic E-state index is 0.00461. The molecule has 0 radical (unpaired) electrons. The average molecular weight is 381 g/mol. The number of aromatic amines is 1. The zero-order chi connectivity index (χ0) is 19.5. The summed E-state index contributed by atoms with van der Waals surface area (Å²) in [6.07, 6.45) is 2.96. The number of hydrogen-bond donors (Lipinski definition) is 1. The van der Waals surface area contributed by atoms with Crippen LogP contribution in [0.2, 0.25) is 0 Å². The fraction of sp³-hybridized carbons (Fsp3) is 0.409. The van der Waals surface area contributed by atoms with Crippen LogP contribution in [0.25, 0.3) is 11.0 Å². The maximum absolute atomic E-state index is 12.4. The lowest BCUT2D eigenvalue weighted by atomic mass is 10.0. The third-order valence-corrected chi connectivity index (χ3v) is 5.71. The van der Waals surface area contributed by atoms with E-state index < -0.39 is 0 Å². The summed E-state index contributed by atoms with van der Waals surface area (Å²) < 4.78 is 12.6. The van der Waals surface area contributed by atoms with Gasteiger partial charge in [0, 0.05) is 25.7 Å². The summed E-state index contributed by atoms with van der Waals surface area (Å²) in [5.74, 6) is 1.54. The van der Waals surface area contributed by atoms with Crippen LogP contribution in [0.15, 0.2) is 47.3 Å². The second-order valence-electron chi connectivity index (χ2n) is 7.33. The van der Waals surface area contributed by atoms with Gasteiger partial charge in [0.2, 0.25) is 0 Å². The number of benzene rings is 2.